The molecule has 4 nitrogen and oxygen atoms in total. The Hall–Kier alpha value is -0.140. The molecule has 0 atom stereocenters. The van der Waals surface area contributed by atoms with E-state index in [1.807, 2.05) is 27.9 Å². The average Bonchev–Trinajstić information content (AvgIpc) is 2.76. The lowest BCUT2D eigenvalue weighted by atomic mass is 10.4. The van der Waals surface area contributed by atoms with Gasteiger partial charge in [-0.2, -0.15) is 4.31 Å². The van der Waals surface area contributed by atoms with E-state index in [-0.39, 0.29) is 0 Å². The Bertz CT molecular complexity index is 526. The molecule has 0 saturated carbocycles. The van der Waals surface area contributed by atoms with Crippen molar-refractivity contribution in [3.63, 3.8) is 0 Å². The van der Waals surface area contributed by atoms with Crippen molar-refractivity contribution in [1.82, 2.24) is 9.21 Å². The van der Waals surface area contributed by atoms with Gasteiger partial charge in [-0.1, -0.05) is 6.92 Å². The molecule has 1 rings (SSSR count). The first-order valence-corrected chi connectivity index (χ1v) is 9.42. The second kappa shape index (κ2) is 7.75. The highest BCUT2D eigenvalue weighted by atomic mass is 35.5. The van der Waals surface area contributed by atoms with Crippen molar-refractivity contribution in [3.05, 3.63) is 15.8 Å². The van der Waals surface area contributed by atoms with E-state index in [4.69, 9.17) is 11.6 Å². The lowest BCUT2D eigenvalue weighted by Gasteiger charge is -2.21. The Morgan fingerprint density at radius 3 is 2.40 bits per heavy atom. The van der Waals surface area contributed by atoms with Crippen molar-refractivity contribution in [2.45, 2.75) is 31.0 Å². The molecule has 0 N–H and O–H groups in total. The van der Waals surface area contributed by atoms with Gasteiger partial charge in [0.05, 0.1) is 10.8 Å². The van der Waals surface area contributed by atoms with Crippen molar-refractivity contribution in [1.29, 1.82) is 0 Å². The molecule has 116 valence electrons. The second-order valence-corrected chi connectivity index (χ2v) is 8.43. The van der Waals surface area contributed by atoms with Gasteiger partial charge in [0.1, 0.15) is 0 Å². The van der Waals surface area contributed by atoms with Crippen molar-refractivity contribution >= 4 is 33.0 Å². The van der Waals surface area contributed by atoms with Gasteiger partial charge in [0.2, 0.25) is 10.0 Å². The van der Waals surface area contributed by atoms with Crippen LogP contribution < -0.4 is 0 Å². The largest absolute Gasteiger partial charge is 0.309 e. The number of aryl methyl sites for hydroxylation is 1. The molecule has 20 heavy (non-hydrogen) atoms. The predicted molar refractivity (Wildman–Crippen MR) is 86.2 cm³/mol. The van der Waals surface area contributed by atoms with Crippen molar-refractivity contribution < 1.29 is 8.42 Å². The highest BCUT2D eigenvalue weighted by Crippen LogP contribution is 2.29. The Kier molecular flexibility index (Phi) is 6.94. The molecular formula is C13H23ClN2O2S2. The van der Waals surface area contributed by atoms with Gasteiger partial charge in [-0.15, -0.1) is 22.9 Å². The molecule has 1 heterocycles. The van der Waals surface area contributed by atoms with Crippen LogP contribution in [0, 0.1) is 6.92 Å². The van der Waals surface area contributed by atoms with Crippen LogP contribution in [0.2, 0.25) is 0 Å². The fourth-order valence-electron chi connectivity index (χ4n) is 2.00. The van der Waals surface area contributed by atoms with Gasteiger partial charge in [0, 0.05) is 22.8 Å². The number of thiophene rings is 1. The molecule has 0 amide bonds. The third kappa shape index (κ3) is 4.43. The zero-order valence-corrected chi connectivity index (χ0v) is 14.9. The summed E-state index contributed by atoms with van der Waals surface area (Å²) in [7, 11) is 0.571. The molecule has 0 aliphatic carbocycles. The Labute approximate surface area is 131 Å². The number of rotatable bonds is 8. The summed E-state index contributed by atoms with van der Waals surface area (Å²) in [5.41, 5.74) is 0. The van der Waals surface area contributed by atoms with Crippen LogP contribution in [-0.4, -0.2) is 51.4 Å². The van der Waals surface area contributed by atoms with Crippen LogP contribution in [0.3, 0.4) is 0 Å². The van der Waals surface area contributed by atoms with Crippen LogP contribution in [0.4, 0.5) is 0 Å². The molecule has 1 aromatic heterocycles. The molecule has 0 radical (unpaired) electrons. The van der Waals surface area contributed by atoms with Gasteiger partial charge in [-0.3, -0.25) is 0 Å². The minimum Gasteiger partial charge on any atom is -0.309 e. The number of hydrogen-bond acceptors (Lipinski definition) is 4. The third-order valence-electron chi connectivity index (χ3n) is 3.04. The topological polar surface area (TPSA) is 40.6 Å². The molecule has 0 unspecified atom stereocenters. The standard InChI is InChI=1S/C13H23ClN2O2S2/c1-5-16(8-6-7-15(3)4)20(17,18)13-9-12(10-14)19-11(13)2/h9H,5-8,10H2,1-4H3. The van der Waals surface area contributed by atoms with E-state index >= 15 is 0 Å². The molecule has 0 fully saturated rings. The summed E-state index contributed by atoms with van der Waals surface area (Å²) >= 11 is 7.24. The number of alkyl halides is 1. The monoisotopic (exact) mass is 338 g/mol. The molecular weight excluding hydrogens is 316 g/mol. The first-order valence-electron chi connectivity index (χ1n) is 6.63. The zero-order chi connectivity index (χ0) is 15.3. The van der Waals surface area contributed by atoms with Crippen LogP contribution in [0.5, 0.6) is 0 Å². The Balaban J connectivity index is 2.90. The number of halogens is 1. The van der Waals surface area contributed by atoms with E-state index in [9.17, 15) is 8.42 Å². The molecule has 0 saturated heterocycles. The fraction of sp³-hybridized carbons (Fsp3) is 0.692. The number of sulfonamides is 1. The lowest BCUT2D eigenvalue weighted by Crippen LogP contribution is -2.33. The second-order valence-electron chi connectivity index (χ2n) is 4.92. The quantitative estimate of drug-likeness (QED) is 0.684. The van der Waals surface area contributed by atoms with Crippen molar-refractivity contribution in [3.8, 4) is 0 Å². The molecule has 0 aliphatic rings. The van der Waals surface area contributed by atoms with E-state index in [1.54, 1.807) is 10.4 Å². The third-order valence-corrected chi connectivity index (χ3v) is 6.76. The summed E-state index contributed by atoms with van der Waals surface area (Å²) in [6.07, 6.45) is 0.825. The highest BCUT2D eigenvalue weighted by molar-refractivity contribution is 7.89. The van der Waals surface area contributed by atoms with Crippen molar-refractivity contribution in [2.75, 3.05) is 33.7 Å². The van der Waals surface area contributed by atoms with Crippen LogP contribution in [0.15, 0.2) is 11.0 Å². The number of nitrogens with zero attached hydrogens (tertiary/aromatic N) is 2. The normalized spacial score (nSPS) is 12.6. The van der Waals surface area contributed by atoms with Crippen LogP contribution in [0.25, 0.3) is 0 Å². The lowest BCUT2D eigenvalue weighted by molar-refractivity contribution is 0.356. The van der Waals surface area contributed by atoms with E-state index in [0.717, 1.165) is 22.7 Å². The molecule has 0 spiro atoms. The van der Waals surface area contributed by atoms with Crippen molar-refractivity contribution in [2.24, 2.45) is 0 Å². The maximum absolute atomic E-state index is 12.7. The zero-order valence-electron chi connectivity index (χ0n) is 12.5. The van der Waals surface area contributed by atoms with Gasteiger partial charge in [0.25, 0.3) is 0 Å². The minimum atomic E-state index is -3.40. The summed E-state index contributed by atoms with van der Waals surface area (Å²) in [6.45, 7) is 5.62. The number of hydrogen-bond donors (Lipinski definition) is 0. The predicted octanol–water partition coefficient (Wildman–Crippen LogP) is 2.76. The van der Waals surface area contributed by atoms with E-state index in [2.05, 4.69) is 4.90 Å². The van der Waals surface area contributed by atoms with Gasteiger partial charge in [-0.05, 0) is 40.1 Å². The molecule has 0 bridgehead atoms. The van der Waals surface area contributed by atoms with Gasteiger partial charge in [-0.25, -0.2) is 8.42 Å². The van der Waals surface area contributed by atoms with Gasteiger partial charge < -0.3 is 4.90 Å². The molecule has 7 heteroatoms. The van der Waals surface area contributed by atoms with E-state index in [0.29, 0.717) is 23.9 Å². The van der Waals surface area contributed by atoms with E-state index < -0.39 is 10.0 Å². The van der Waals surface area contributed by atoms with Crippen LogP contribution in [0.1, 0.15) is 23.1 Å². The Morgan fingerprint density at radius 2 is 1.95 bits per heavy atom. The first kappa shape index (κ1) is 17.9. The maximum Gasteiger partial charge on any atom is 0.244 e. The Morgan fingerprint density at radius 1 is 1.30 bits per heavy atom. The summed E-state index contributed by atoms with van der Waals surface area (Å²) in [5.74, 6) is 0.355. The minimum absolute atomic E-state index is 0.355. The summed E-state index contributed by atoms with van der Waals surface area (Å²) < 4.78 is 26.9. The van der Waals surface area contributed by atoms with Gasteiger partial charge >= 0.3 is 0 Å². The summed E-state index contributed by atoms with van der Waals surface area (Å²) in [4.78, 5) is 4.17. The molecule has 0 aliphatic heterocycles. The molecule has 1 aromatic rings. The van der Waals surface area contributed by atoms with Gasteiger partial charge in [0.15, 0.2) is 0 Å². The first-order chi connectivity index (χ1) is 9.32. The molecule has 0 aromatic carbocycles. The average molecular weight is 339 g/mol. The van der Waals surface area contributed by atoms with Crippen LogP contribution in [-0.2, 0) is 15.9 Å². The van der Waals surface area contributed by atoms with Crippen LogP contribution >= 0.6 is 22.9 Å². The SMILES string of the molecule is CCN(CCCN(C)C)S(=O)(=O)c1cc(CCl)sc1C. The van der Waals surface area contributed by atoms with E-state index in [1.165, 1.54) is 11.3 Å². The maximum atomic E-state index is 12.7. The summed E-state index contributed by atoms with van der Waals surface area (Å²) in [5, 5.41) is 0. The highest BCUT2D eigenvalue weighted by Gasteiger charge is 2.26. The summed E-state index contributed by atoms with van der Waals surface area (Å²) in [6, 6.07) is 1.71. The smallest absolute Gasteiger partial charge is 0.244 e. The fourth-order valence-corrected chi connectivity index (χ4v) is 5.18.